The number of hydrogen-bond donors (Lipinski definition) is 0. The second-order valence-electron chi connectivity index (χ2n) is 4.82. The molecule has 0 bridgehead atoms. The maximum absolute atomic E-state index is 6.28. The Morgan fingerprint density at radius 1 is 1.19 bits per heavy atom. The molecule has 0 aliphatic heterocycles. The normalized spacial score (nSPS) is 22.7. The molecule has 0 aromatic heterocycles. The zero-order valence-electron chi connectivity index (χ0n) is 10.6. The van der Waals surface area contributed by atoms with E-state index in [1.807, 2.05) is 6.92 Å². The molecule has 0 saturated heterocycles. The van der Waals surface area contributed by atoms with Gasteiger partial charge in [0.1, 0.15) is 0 Å². The Morgan fingerprint density at radius 2 is 1.81 bits per heavy atom. The van der Waals surface area contributed by atoms with Crippen LogP contribution in [0.15, 0.2) is 0 Å². The van der Waals surface area contributed by atoms with Gasteiger partial charge in [0, 0.05) is 11.0 Å². The Morgan fingerprint density at radius 3 is 2.31 bits per heavy atom. The molecule has 96 valence electrons. The topological polar surface area (TPSA) is 18.5 Å². The third kappa shape index (κ3) is 4.88. The Kier molecular flexibility index (Phi) is 7.24. The van der Waals surface area contributed by atoms with Gasteiger partial charge in [0.2, 0.25) is 0 Å². The van der Waals surface area contributed by atoms with Crippen LogP contribution in [0.25, 0.3) is 0 Å². The molecule has 0 aromatic rings. The van der Waals surface area contributed by atoms with E-state index in [-0.39, 0.29) is 11.7 Å². The molecule has 0 radical (unpaired) electrons. The van der Waals surface area contributed by atoms with Crippen LogP contribution in [0.1, 0.15) is 52.4 Å². The second-order valence-corrected chi connectivity index (χ2v) is 5.58. The van der Waals surface area contributed by atoms with Crippen LogP contribution in [0.2, 0.25) is 0 Å². The molecule has 16 heavy (non-hydrogen) atoms. The lowest BCUT2D eigenvalue weighted by Crippen LogP contribution is -2.38. The highest BCUT2D eigenvalue weighted by atomic mass is 127. The van der Waals surface area contributed by atoms with Crippen LogP contribution in [-0.4, -0.2) is 29.3 Å². The first kappa shape index (κ1) is 14.7. The first-order valence-corrected chi connectivity index (χ1v) is 8.06. The van der Waals surface area contributed by atoms with Gasteiger partial charge in [-0.1, -0.05) is 48.3 Å². The predicted octanol–water partition coefficient (Wildman–Crippen LogP) is 3.96. The second kappa shape index (κ2) is 7.88. The standard InChI is InChI=1S/C13H25IO2/c1-3-15-10-12(2)16-13(11-14)8-6-4-5-7-9-13/h12H,3-11H2,1-2H3. The average Bonchev–Trinajstić information content (AvgIpc) is 2.52. The molecule has 0 aromatic carbocycles. The van der Waals surface area contributed by atoms with E-state index in [9.17, 15) is 0 Å². The molecular weight excluding hydrogens is 315 g/mol. The third-order valence-electron chi connectivity index (χ3n) is 3.27. The Bertz CT molecular complexity index is 177. The summed E-state index contributed by atoms with van der Waals surface area (Å²) < 4.78 is 12.8. The Hall–Kier alpha value is 0.650. The molecule has 1 saturated carbocycles. The number of alkyl halides is 1. The van der Waals surface area contributed by atoms with E-state index in [0.29, 0.717) is 0 Å². The van der Waals surface area contributed by atoms with Gasteiger partial charge in [-0.05, 0) is 26.7 Å². The quantitative estimate of drug-likeness (QED) is 0.414. The van der Waals surface area contributed by atoms with Gasteiger partial charge < -0.3 is 9.47 Å². The zero-order chi connectivity index (χ0) is 11.9. The summed E-state index contributed by atoms with van der Waals surface area (Å²) >= 11 is 2.48. The minimum atomic E-state index is 0.133. The summed E-state index contributed by atoms with van der Waals surface area (Å²) in [5, 5.41) is 0. The molecule has 1 atom stereocenters. The highest BCUT2D eigenvalue weighted by molar-refractivity contribution is 14.1. The molecule has 1 unspecified atom stereocenters. The van der Waals surface area contributed by atoms with Crippen LogP contribution < -0.4 is 0 Å². The van der Waals surface area contributed by atoms with E-state index >= 15 is 0 Å². The Labute approximate surface area is 114 Å². The maximum atomic E-state index is 6.28. The van der Waals surface area contributed by atoms with Crippen LogP contribution >= 0.6 is 22.6 Å². The van der Waals surface area contributed by atoms with Crippen molar-refractivity contribution in [1.29, 1.82) is 0 Å². The molecule has 1 rings (SSSR count). The molecule has 2 nitrogen and oxygen atoms in total. The van der Waals surface area contributed by atoms with Crippen LogP contribution in [0.4, 0.5) is 0 Å². The molecular formula is C13H25IO2. The number of hydrogen-bond acceptors (Lipinski definition) is 2. The van der Waals surface area contributed by atoms with E-state index < -0.39 is 0 Å². The highest BCUT2D eigenvalue weighted by Crippen LogP contribution is 2.33. The smallest absolute Gasteiger partial charge is 0.0788 e. The van der Waals surface area contributed by atoms with E-state index in [1.54, 1.807) is 0 Å². The number of rotatable bonds is 6. The van der Waals surface area contributed by atoms with Gasteiger partial charge in [-0.15, -0.1) is 0 Å². The van der Waals surface area contributed by atoms with Gasteiger partial charge >= 0.3 is 0 Å². The van der Waals surface area contributed by atoms with Crippen molar-refractivity contribution in [3.05, 3.63) is 0 Å². The van der Waals surface area contributed by atoms with Crippen LogP contribution in [0.5, 0.6) is 0 Å². The first-order valence-electron chi connectivity index (χ1n) is 6.54. The van der Waals surface area contributed by atoms with Gasteiger partial charge in [0.15, 0.2) is 0 Å². The average molecular weight is 340 g/mol. The lowest BCUT2D eigenvalue weighted by Gasteiger charge is -2.34. The minimum absolute atomic E-state index is 0.133. The van der Waals surface area contributed by atoms with Gasteiger partial charge in [0.25, 0.3) is 0 Å². The summed E-state index contributed by atoms with van der Waals surface area (Å²) in [6, 6.07) is 0. The minimum Gasteiger partial charge on any atom is -0.379 e. The summed E-state index contributed by atoms with van der Waals surface area (Å²) in [6.45, 7) is 5.68. The van der Waals surface area contributed by atoms with Crippen LogP contribution in [-0.2, 0) is 9.47 Å². The predicted molar refractivity (Wildman–Crippen MR) is 76.4 cm³/mol. The van der Waals surface area contributed by atoms with E-state index in [1.165, 1.54) is 38.5 Å². The molecule has 3 heteroatoms. The molecule has 0 amide bonds. The van der Waals surface area contributed by atoms with E-state index in [0.717, 1.165) is 17.6 Å². The monoisotopic (exact) mass is 340 g/mol. The summed E-state index contributed by atoms with van der Waals surface area (Å²) in [5.74, 6) is 0. The largest absolute Gasteiger partial charge is 0.379 e. The first-order chi connectivity index (χ1) is 7.72. The highest BCUT2D eigenvalue weighted by Gasteiger charge is 2.32. The van der Waals surface area contributed by atoms with Gasteiger partial charge in [-0.2, -0.15) is 0 Å². The number of halogens is 1. The Balaban J connectivity index is 2.43. The molecule has 0 spiro atoms. The SMILES string of the molecule is CCOCC(C)OC1(CI)CCCCCC1. The van der Waals surface area contributed by atoms with Crippen molar-refractivity contribution in [3.63, 3.8) is 0 Å². The summed E-state index contributed by atoms with van der Waals surface area (Å²) in [5.41, 5.74) is 0.133. The molecule has 0 N–H and O–H groups in total. The molecule has 0 heterocycles. The van der Waals surface area contributed by atoms with Crippen molar-refractivity contribution >= 4 is 22.6 Å². The molecule has 1 aliphatic rings. The van der Waals surface area contributed by atoms with Crippen LogP contribution in [0, 0.1) is 0 Å². The maximum Gasteiger partial charge on any atom is 0.0788 e. The van der Waals surface area contributed by atoms with Crippen molar-refractivity contribution in [2.24, 2.45) is 0 Å². The lowest BCUT2D eigenvalue weighted by molar-refractivity contribution is -0.104. The van der Waals surface area contributed by atoms with Crippen molar-refractivity contribution in [2.45, 2.75) is 64.1 Å². The molecule has 1 aliphatic carbocycles. The van der Waals surface area contributed by atoms with Gasteiger partial charge in [0.05, 0.1) is 18.3 Å². The van der Waals surface area contributed by atoms with Crippen LogP contribution in [0.3, 0.4) is 0 Å². The fourth-order valence-corrected chi connectivity index (χ4v) is 3.34. The summed E-state index contributed by atoms with van der Waals surface area (Å²) in [4.78, 5) is 0. The fraction of sp³-hybridized carbons (Fsp3) is 1.00. The zero-order valence-corrected chi connectivity index (χ0v) is 12.8. The lowest BCUT2D eigenvalue weighted by atomic mass is 9.96. The summed E-state index contributed by atoms with van der Waals surface area (Å²) in [7, 11) is 0. The van der Waals surface area contributed by atoms with E-state index in [4.69, 9.17) is 9.47 Å². The fourth-order valence-electron chi connectivity index (χ4n) is 2.40. The third-order valence-corrected chi connectivity index (χ3v) is 4.66. The molecule has 1 fully saturated rings. The van der Waals surface area contributed by atoms with Crippen molar-refractivity contribution in [3.8, 4) is 0 Å². The van der Waals surface area contributed by atoms with Crippen molar-refractivity contribution in [2.75, 3.05) is 17.6 Å². The number of ether oxygens (including phenoxy) is 2. The van der Waals surface area contributed by atoms with Gasteiger partial charge in [-0.3, -0.25) is 0 Å². The summed E-state index contributed by atoms with van der Waals surface area (Å²) in [6.07, 6.45) is 8.09. The van der Waals surface area contributed by atoms with Crippen molar-refractivity contribution in [1.82, 2.24) is 0 Å². The van der Waals surface area contributed by atoms with E-state index in [2.05, 4.69) is 29.5 Å². The van der Waals surface area contributed by atoms with Gasteiger partial charge in [-0.25, -0.2) is 0 Å². The van der Waals surface area contributed by atoms with Crippen molar-refractivity contribution < 1.29 is 9.47 Å².